The summed E-state index contributed by atoms with van der Waals surface area (Å²) in [6.45, 7) is 5.36. The molecular formula is C12H23NO3. The van der Waals surface area contributed by atoms with Gasteiger partial charge in [-0.25, -0.2) is 0 Å². The molecule has 1 amide bonds. The second-order valence-electron chi connectivity index (χ2n) is 4.69. The molecule has 94 valence electrons. The molecule has 0 aromatic rings. The molecule has 0 saturated carbocycles. The van der Waals surface area contributed by atoms with E-state index in [0.29, 0.717) is 18.8 Å². The molecule has 0 aromatic heterocycles. The summed E-state index contributed by atoms with van der Waals surface area (Å²) < 4.78 is 5.29. The molecule has 2 atom stereocenters. The summed E-state index contributed by atoms with van der Waals surface area (Å²) in [6, 6.07) is 0.213. The van der Waals surface area contributed by atoms with Crippen molar-refractivity contribution in [2.45, 2.75) is 51.7 Å². The van der Waals surface area contributed by atoms with Crippen molar-refractivity contribution in [2.24, 2.45) is 5.92 Å². The molecule has 16 heavy (non-hydrogen) atoms. The maximum Gasteiger partial charge on any atom is 0.220 e. The molecule has 0 aromatic carbocycles. The summed E-state index contributed by atoms with van der Waals surface area (Å²) in [6.07, 6.45) is 2.59. The number of rotatable bonds is 5. The first-order valence-electron chi connectivity index (χ1n) is 6.14. The van der Waals surface area contributed by atoms with Crippen LogP contribution in [0.4, 0.5) is 0 Å². The van der Waals surface area contributed by atoms with E-state index in [1.54, 1.807) is 6.92 Å². The van der Waals surface area contributed by atoms with Crippen LogP contribution in [0.15, 0.2) is 0 Å². The molecule has 4 nitrogen and oxygen atoms in total. The molecule has 2 N–H and O–H groups in total. The quantitative estimate of drug-likeness (QED) is 0.741. The number of carbonyl (C=O) groups excluding carboxylic acids is 1. The molecule has 2 unspecified atom stereocenters. The van der Waals surface area contributed by atoms with E-state index in [2.05, 4.69) is 12.2 Å². The van der Waals surface area contributed by atoms with Gasteiger partial charge in [0.1, 0.15) is 0 Å². The summed E-state index contributed by atoms with van der Waals surface area (Å²) in [4.78, 5) is 11.5. The molecule has 1 aliphatic heterocycles. The molecule has 0 aliphatic carbocycles. The molecule has 1 rings (SSSR count). The molecule has 1 fully saturated rings. The molecule has 1 heterocycles. The Morgan fingerprint density at radius 1 is 1.44 bits per heavy atom. The standard InChI is InChI=1S/C12H23NO3/c1-9(14)3-4-12(15)13-10(2)11-5-7-16-8-6-11/h9-11,14H,3-8H2,1-2H3,(H,13,15). The van der Waals surface area contributed by atoms with Crippen molar-refractivity contribution in [2.75, 3.05) is 13.2 Å². The first kappa shape index (κ1) is 13.5. The van der Waals surface area contributed by atoms with Crippen LogP contribution in [0.3, 0.4) is 0 Å². The van der Waals surface area contributed by atoms with Crippen LogP contribution < -0.4 is 5.32 Å². The number of hydrogen-bond donors (Lipinski definition) is 2. The number of ether oxygens (including phenoxy) is 1. The van der Waals surface area contributed by atoms with E-state index < -0.39 is 6.10 Å². The predicted octanol–water partition coefficient (Wildman–Crippen LogP) is 1.08. The van der Waals surface area contributed by atoms with Crippen LogP contribution in [0.5, 0.6) is 0 Å². The third kappa shape index (κ3) is 4.94. The Kier molecular flexibility index (Phi) is 5.77. The predicted molar refractivity (Wildman–Crippen MR) is 62.1 cm³/mol. The van der Waals surface area contributed by atoms with Crippen molar-refractivity contribution in [1.82, 2.24) is 5.32 Å². The minimum atomic E-state index is -0.399. The first-order chi connectivity index (χ1) is 7.59. The van der Waals surface area contributed by atoms with E-state index >= 15 is 0 Å². The first-order valence-corrected chi connectivity index (χ1v) is 6.14. The molecule has 0 spiro atoms. The number of amides is 1. The highest BCUT2D eigenvalue weighted by Crippen LogP contribution is 2.18. The molecule has 1 saturated heterocycles. The highest BCUT2D eigenvalue weighted by molar-refractivity contribution is 5.76. The minimum Gasteiger partial charge on any atom is -0.393 e. The molecule has 0 radical (unpaired) electrons. The lowest BCUT2D eigenvalue weighted by Gasteiger charge is -2.28. The van der Waals surface area contributed by atoms with Crippen molar-refractivity contribution >= 4 is 5.91 Å². The van der Waals surface area contributed by atoms with Gasteiger partial charge in [0.2, 0.25) is 5.91 Å². The van der Waals surface area contributed by atoms with E-state index in [1.807, 2.05) is 0 Å². The van der Waals surface area contributed by atoms with Gasteiger partial charge in [0.15, 0.2) is 0 Å². The topological polar surface area (TPSA) is 58.6 Å². The lowest BCUT2D eigenvalue weighted by molar-refractivity contribution is -0.122. The van der Waals surface area contributed by atoms with E-state index in [9.17, 15) is 4.79 Å². The number of nitrogens with one attached hydrogen (secondary N) is 1. The van der Waals surface area contributed by atoms with Gasteiger partial charge in [-0.15, -0.1) is 0 Å². The van der Waals surface area contributed by atoms with Gasteiger partial charge in [-0.05, 0) is 39.0 Å². The molecular weight excluding hydrogens is 206 g/mol. The highest BCUT2D eigenvalue weighted by atomic mass is 16.5. The summed E-state index contributed by atoms with van der Waals surface area (Å²) in [7, 11) is 0. The Bertz CT molecular complexity index is 212. The molecule has 1 aliphatic rings. The second kappa shape index (κ2) is 6.86. The fourth-order valence-electron chi connectivity index (χ4n) is 2.00. The summed E-state index contributed by atoms with van der Waals surface area (Å²) in [5, 5.41) is 12.1. The number of aliphatic hydroxyl groups is 1. The van der Waals surface area contributed by atoms with Crippen LogP contribution in [0.1, 0.15) is 39.5 Å². The van der Waals surface area contributed by atoms with Crippen molar-refractivity contribution in [3.8, 4) is 0 Å². The maximum absolute atomic E-state index is 11.5. The van der Waals surface area contributed by atoms with Gasteiger partial charge < -0.3 is 15.2 Å². The van der Waals surface area contributed by atoms with Gasteiger partial charge in [0.05, 0.1) is 6.10 Å². The van der Waals surface area contributed by atoms with E-state index in [4.69, 9.17) is 9.84 Å². The molecule has 4 heteroatoms. The zero-order chi connectivity index (χ0) is 12.0. The van der Waals surface area contributed by atoms with Crippen molar-refractivity contribution in [3.63, 3.8) is 0 Å². The minimum absolute atomic E-state index is 0.0416. The van der Waals surface area contributed by atoms with Crippen molar-refractivity contribution < 1.29 is 14.6 Å². The second-order valence-corrected chi connectivity index (χ2v) is 4.69. The van der Waals surface area contributed by atoms with E-state index in [0.717, 1.165) is 26.1 Å². The number of hydrogen-bond acceptors (Lipinski definition) is 3. The van der Waals surface area contributed by atoms with Crippen LogP contribution in [-0.2, 0) is 9.53 Å². The van der Waals surface area contributed by atoms with Crippen LogP contribution in [0.25, 0.3) is 0 Å². The zero-order valence-corrected chi connectivity index (χ0v) is 10.2. The largest absolute Gasteiger partial charge is 0.393 e. The average molecular weight is 229 g/mol. The van der Waals surface area contributed by atoms with Gasteiger partial charge in [0, 0.05) is 25.7 Å². The van der Waals surface area contributed by atoms with Gasteiger partial charge in [-0.1, -0.05) is 0 Å². The van der Waals surface area contributed by atoms with Gasteiger partial charge in [0.25, 0.3) is 0 Å². The average Bonchev–Trinajstić information content (AvgIpc) is 2.27. The maximum atomic E-state index is 11.5. The fourth-order valence-corrected chi connectivity index (χ4v) is 2.00. The van der Waals surface area contributed by atoms with E-state index in [1.165, 1.54) is 0 Å². The van der Waals surface area contributed by atoms with Crippen LogP contribution >= 0.6 is 0 Å². The fraction of sp³-hybridized carbons (Fsp3) is 0.917. The summed E-state index contributed by atoms with van der Waals surface area (Å²) >= 11 is 0. The number of aliphatic hydroxyl groups excluding tert-OH is 1. The van der Waals surface area contributed by atoms with Crippen molar-refractivity contribution in [3.05, 3.63) is 0 Å². The zero-order valence-electron chi connectivity index (χ0n) is 10.2. The Labute approximate surface area is 97.4 Å². The van der Waals surface area contributed by atoms with E-state index in [-0.39, 0.29) is 11.9 Å². The molecule has 0 bridgehead atoms. The van der Waals surface area contributed by atoms with Gasteiger partial charge in [-0.2, -0.15) is 0 Å². The summed E-state index contributed by atoms with van der Waals surface area (Å²) in [5.41, 5.74) is 0. The lowest BCUT2D eigenvalue weighted by Crippen LogP contribution is -2.40. The smallest absolute Gasteiger partial charge is 0.220 e. The monoisotopic (exact) mass is 229 g/mol. The normalized spacial score (nSPS) is 21.4. The SMILES string of the molecule is CC(O)CCC(=O)NC(C)C1CCOCC1. The lowest BCUT2D eigenvalue weighted by atomic mass is 9.93. The third-order valence-electron chi connectivity index (χ3n) is 3.15. The summed E-state index contributed by atoms with van der Waals surface area (Å²) in [5.74, 6) is 0.573. The van der Waals surface area contributed by atoms with Gasteiger partial charge in [-0.3, -0.25) is 4.79 Å². The van der Waals surface area contributed by atoms with Crippen LogP contribution in [0.2, 0.25) is 0 Å². The van der Waals surface area contributed by atoms with Crippen molar-refractivity contribution in [1.29, 1.82) is 0 Å². The highest BCUT2D eigenvalue weighted by Gasteiger charge is 2.21. The van der Waals surface area contributed by atoms with Crippen LogP contribution in [-0.4, -0.2) is 36.4 Å². The Balaban J connectivity index is 2.21. The third-order valence-corrected chi connectivity index (χ3v) is 3.15. The van der Waals surface area contributed by atoms with Gasteiger partial charge >= 0.3 is 0 Å². The number of carbonyl (C=O) groups is 1. The Morgan fingerprint density at radius 3 is 2.62 bits per heavy atom. The Morgan fingerprint density at radius 2 is 2.06 bits per heavy atom. The Hall–Kier alpha value is -0.610. The van der Waals surface area contributed by atoms with Crippen LogP contribution in [0, 0.1) is 5.92 Å².